The van der Waals surface area contributed by atoms with Crippen LogP contribution in [0.2, 0.25) is 0 Å². The summed E-state index contributed by atoms with van der Waals surface area (Å²) in [5.41, 5.74) is 1.78. The van der Waals surface area contributed by atoms with Crippen LogP contribution in [0.1, 0.15) is 104 Å². The number of carbonyl (C=O) groups excluding carboxylic acids is 1. The zero-order valence-corrected chi connectivity index (χ0v) is 15.6. The summed E-state index contributed by atoms with van der Waals surface area (Å²) in [4.78, 5) is 14.9. The zero-order chi connectivity index (χ0) is 18.1. The molecule has 2 aliphatic rings. The first-order valence-corrected chi connectivity index (χ1v) is 9.87. The van der Waals surface area contributed by atoms with Crippen LogP contribution in [0.15, 0.2) is 21.2 Å². The normalized spacial score (nSPS) is 21.7. The van der Waals surface area contributed by atoms with Gasteiger partial charge >= 0.3 is 0 Å². The third-order valence-electron chi connectivity index (χ3n) is 5.73. The monoisotopic (exact) mass is 357 g/mol. The van der Waals surface area contributed by atoms with Crippen molar-refractivity contribution in [1.29, 1.82) is 0 Å². The maximum Gasteiger partial charge on any atom is 0.293 e. The summed E-state index contributed by atoms with van der Waals surface area (Å²) in [6.07, 6.45) is 7.92. The molecule has 1 aliphatic heterocycles. The predicted octanol–water partition coefficient (Wildman–Crippen LogP) is 4.81. The summed E-state index contributed by atoms with van der Waals surface area (Å²) >= 11 is 0. The molecule has 2 aromatic rings. The van der Waals surface area contributed by atoms with E-state index in [4.69, 9.17) is 9.05 Å². The molecule has 3 heterocycles. The van der Waals surface area contributed by atoms with Crippen molar-refractivity contribution in [3.8, 4) is 0 Å². The van der Waals surface area contributed by atoms with E-state index in [-0.39, 0.29) is 17.9 Å². The van der Waals surface area contributed by atoms with E-state index in [2.05, 4.69) is 24.2 Å². The van der Waals surface area contributed by atoms with Crippen molar-refractivity contribution < 1.29 is 13.8 Å². The molecule has 2 fully saturated rings. The fourth-order valence-electron chi connectivity index (χ4n) is 4.17. The fourth-order valence-corrected chi connectivity index (χ4v) is 4.17. The lowest BCUT2D eigenvalue weighted by Crippen LogP contribution is -2.30. The number of likely N-dealkylation sites (tertiary alicyclic amines) is 1. The number of rotatable bonds is 4. The van der Waals surface area contributed by atoms with Gasteiger partial charge in [-0.1, -0.05) is 43.4 Å². The molecule has 1 atom stereocenters. The largest absolute Gasteiger partial charge is 0.361 e. The third-order valence-corrected chi connectivity index (χ3v) is 5.73. The van der Waals surface area contributed by atoms with Crippen LogP contribution in [-0.2, 0) is 0 Å². The van der Waals surface area contributed by atoms with Gasteiger partial charge in [-0.2, -0.15) is 0 Å². The van der Waals surface area contributed by atoms with Crippen LogP contribution >= 0.6 is 0 Å². The lowest BCUT2D eigenvalue weighted by molar-refractivity contribution is 0.0688. The van der Waals surface area contributed by atoms with Crippen LogP contribution in [0.4, 0.5) is 0 Å². The summed E-state index contributed by atoms with van der Waals surface area (Å²) in [7, 11) is 0. The van der Waals surface area contributed by atoms with E-state index >= 15 is 0 Å². The summed E-state index contributed by atoms with van der Waals surface area (Å²) < 4.78 is 10.9. The minimum atomic E-state index is -0.0869. The SMILES string of the molecule is CC(C)c1cc([C@@H]2CCCN2C(=O)c2cc(C3CCCCC3)no2)no1. The van der Waals surface area contributed by atoms with Crippen molar-refractivity contribution >= 4 is 5.91 Å². The van der Waals surface area contributed by atoms with Gasteiger partial charge in [-0.05, 0) is 25.7 Å². The number of amides is 1. The van der Waals surface area contributed by atoms with Gasteiger partial charge in [0.1, 0.15) is 11.5 Å². The molecule has 0 bridgehead atoms. The highest BCUT2D eigenvalue weighted by Gasteiger charge is 2.35. The van der Waals surface area contributed by atoms with Gasteiger partial charge < -0.3 is 13.9 Å². The Labute approximate surface area is 153 Å². The number of hydrogen-bond donors (Lipinski definition) is 0. The minimum Gasteiger partial charge on any atom is -0.361 e. The molecule has 0 aromatic carbocycles. The van der Waals surface area contributed by atoms with Crippen molar-refractivity contribution in [2.24, 2.45) is 0 Å². The molecule has 6 nitrogen and oxygen atoms in total. The maximum atomic E-state index is 13.0. The molecular formula is C20H27N3O3. The lowest BCUT2D eigenvalue weighted by Gasteiger charge is -2.21. The minimum absolute atomic E-state index is 0.0398. The average Bonchev–Trinajstić information content (AvgIpc) is 3.41. The van der Waals surface area contributed by atoms with Gasteiger partial charge in [-0.15, -0.1) is 0 Å². The molecule has 6 heteroatoms. The van der Waals surface area contributed by atoms with Gasteiger partial charge in [0.15, 0.2) is 0 Å². The summed E-state index contributed by atoms with van der Waals surface area (Å²) in [5.74, 6) is 1.85. The molecule has 0 spiro atoms. The Balaban J connectivity index is 1.50. The third kappa shape index (κ3) is 3.29. The van der Waals surface area contributed by atoms with Gasteiger partial charge in [-0.3, -0.25) is 4.79 Å². The molecular weight excluding hydrogens is 330 g/mol. The van der Waals surface area contributed by atoms with Gasteiger partial charge in [-0.25, -0.2) is 0 Å². The molecule has 26 heavy (non-hydrogen) atoms. The van der Waals surface area contributed by atoms with E-state index in [9.17, 15) is 4.79 Å². The summed E-state index contributed by atoms with van der Waals surface area (Å²) in [6, 6.07) is 3.80. The molecule has 0 unspecified atom stereocenters. The zero-order valence-electron chi connectivity index (χ0n) is 15.6. The molecule has 140 valence electrons. The van der Waals surface area contributed by atoms with Crippen LogP contribution in [0.3, 0.4) is 0 Å². The van der Waals surface area contributed by atoms with Gasteiger partial charge in [0.2, 0.25) is 5.76 Å². The number of hydrogen-bond acceptors (Lipinski definition) is 5. The predicted molar refractivity (Wildman–Crippen MR) is 95.9 cm³/mol. The Bertz CT molecular complexity index is 758. The Morgan fingerprint density at radius 2 is 1.81 bits per heavy atom. The van der Waals surface area contributed by atoms with Gasteiger partial charge in [0, 0.05) is 30.5 Å². The number of nitrogens with zero attached hydrogens (tertiary/aromatic N) is 3. The Kier molecular flexibility index (Phi) is 4.83. The standard InChI is InChI=1S/C20H27N3O3/c1-13(2)18-12-16(22-25-18)17-9-6-10-23(17)20(24)19-11-15(21-26-19)14-7-4-3-5-8-14/h11-14,17H,3-10H2,1-2H3/t17-/m0/s1. The van der Waals surface area contributed by atoms with Crippen LogP contribution in [-0.4, -0.2) is 27.7 Å². The quantitative estimate of drug-likeness (QED) is 0.785. The summed E-state index contributed by atoms with van der Waals surface area (Å²) in [6.45, 7) is 4.86. The Morgan fingerprint density at radius 1 is 1.04 bits per heavy atom. The molecule has 4 rings (SSSR count). The summed E-state index contributed by atoms with van der Waals surface area (Å²) in [5, 5.41) is 8.41. The highest BCUT2D eigenvalue weighted by Crippen LogP contribution is 2.35. The van der Waals surface area contributed by atoms with Crippen molar-refractivity contribution in [3.63, 3.8) is 0 Å². The molecule has 1 saturated heterocycles. The highest BCUT2D eigenvalue weighted by molar-refractivity contribution is 5.92. The topological polar surface area (TPSA) is 72.4 Å². The number of carbonyl (C=O) groups is 1. The Hall–Kier alpha value is -2.11. The van der Waals surface area contributed by atoms with E-state index in [0.717, 1.165) is 42.8 Å². The molecule has 0 radical (unpaired) electrons. The second kappa shape index (κ2) is 7.25. The second-order valence-corrected chi connectivity index (χ2v) is 7.92. The van der Waals surface area contributed by atoms with E-state index in [0.29, 0.717) is 18.2 Å². The van der Waals surface area contributed by atoms with E-state index in [1.807, 2.05) is 17.0 Å². The van der Waals surface area contributed by atoms with E-state index in [1.165, 1.54) is 19.3 Å². The smallest absolute Gasteiger partial charge is 0.293 e. The second-order valence-electron chi connectivity index (χ2n) is 7.92. The first-order valence-electron chi connectivity index (χ1n) is 9.87. The average molecular weight is 357 g/mol. The number of aromatic nitrogens is 2. The maximum absolute atomic E-state index is 13.0. The lowest BCUT2D eigenvalue weighted by atomic mass is 9.87. The van der Waals surface area contributed by atoms with E-state index in [1.54, 1.807) is 0 Å². The van der Waals surface area contributed by atoms with Gasteiger partial charge in [0.25, 0.3) is 5.91 Å². The highest BCUT2D eigenvalue weighted by atomic mass is 16.5. The molecule has 1 saturated carbocycles. The molecule has 0 N–H and O–H groups in total. The van der Waals surface area contributed by atoms with E-state index < -0.39 is 0 Å². The van der Waals surface area contributed by atoms with Gasteiger partial charge in [0.05, 0.1) is 11.7 Å². The van der Waals surface area contributed by atoms with Crippen LogP contribution in [0.5, 0.6) is 0 Å². The van der Waals surface area contributed by atoms with Crippen molar-refractivity contribution in [3.05, 3.63) is 35.0 Å². The molecule has 1 amide bonds. The van der Waals surface area contributed by atoms with Crippen molar-refractivity contribution in [1.82, 2.24) is 15.2 Å². The van der Waals surface area contributed by atoms with Crippen molar-refractivity contribution in [2.45, 2.75) is 76.7 Å². The van der Waals surface area contributed by atoms with Crippen LogP contribution < -0.4 is 0 Å². The van der Waals surface area contributed by atoms with Crippen LogP contribution in [0, 0.1) is 0 Å². The first-order chi connectivity index (χ1) is 12.6. The fraction of sp³-hybridized carbons (Fsp3) is 0.650. The van der Waals surface area contributed by atoms with Crippen molar-refractivity contribution in [2.75, 3.05) is 6.54 Å². The first kappa shape index (κ1) is 17.3. The molecule has 2 aromatic heterocycles. The van der Waals surface area contributed by atoms with Crippen LogP contribution in [0.25, 0.3) is 0 Å². The Morgan fingerprint density at radius 3 is 2.54 bits per heavy atom. The molecule has 1 aliphatic carbocycles.